The maximum absolute atomic E-state index is 11.5. The van der Waals surface area contributed by atoms with Gasteiger partial charge in [0.2, 0.25) is 5.91 Å². The number of amides is 2. The molecule has 1 aliphatic rings. The van der Waals surface area contributed by atoms with E-state index >= 15 is 0 Å². The van der Waals surface area contributed by atoms with E-state index in [1.54, 1.807) is 13.8 Å². The molecule has 6 heteroatoms. The summed E-state index contributed by atoms with van der Waals surface area (Å²) in [6, 6.07) is -0.830. The van der Waals surface area contributed by atoms with E-state index in [1.165, 1.54) is 0 Å². The minimum Gasteiger partial charge on any atom is -0.342 e. The Morgan fingerprint density at radius 3 is 2.79 bits per heavy atom. The van der Waals surface area contributed by atoms with Gasteiger partial charge in [-0.25, -0.2) is 5.48 Å². The second-order valence-electron chi connectivity index (χ2n) is 3.49. The normalized spacial score (nSPS) is 25.4. The van der Waals surface area contributed by atoms with Crippen molar-refractivity contribution < 1.29 is 14.4 Å². The molecule has 0 aromatic rings. The number of carbonyl (C=O) groups excluding carboxylic acids is 2. The summed E-state index contributed by atoms with van der Waals surface area (Å²) in [7, 11) is 0. The summed E-state index contributed by atoms with van der Waals surface area (Å²) in [4.78, 5) is 27.1. The number of hydrogen-bond acceptors (Lipinski definition) is 4. The summed E-state index contributed by atoms with van der Waals surface area (Å²) in [5.41, 5.74) is 7.71. The van der Waals surface area contributed by atoms with Crippen LogP contribution in [0.5, 0.6) is 0 Å². The lowest BCUT2D eigenvalue weighted by Crippen LogP contribution is -2.47. The van der Waals surface area contributed by atoms with Crippen LogP contribution < -0.4 is 16.5 Å². The Kier molecular flexibility index (Phi) is 3.43. The molecule has 14 heavy (non-hydrogen) atoms. The van der Waals surface area contributed by atoms with Crippen molar-refractivity contribution in [1.29, 1.82) is 0 Å². The molecule has 2 unspecified atom stereocenters. The molecule has 0 aromatic carbocycles. The van der Waals surface area contributed by atoms with E-state index in [1.807, 2.05) is 0 Å². The van der Waals surface area contributed by atoms with Gasteiger partial charge < -0.3 is 11.1 Å². The zero-order chi connectivity index (χ0) is 10.7. The first-order valence-corrected chi connectivity index (χ1v) is 4.50. The Balaban J connectivity index is 2.44. The minimum absolute atomic E-state index is 0.163. The number of nitrogens with one attached hydrogen (secondary N) is 2. The molecule has 0 bridgehead atoms. The number of hydrogen-bond donors (Lipinski definition) is 3. The molecule has 2 amide bonds. The van der Waals surface area contributed by atoms with Crippen LogP contribution in [0.2, 0.25) is 0 Å². The zero-order valence-electron chi connectivity index (χ0n) is 8.24. The first kappa shape index (κ1) is 10.9. The molecule has 1 fully saturated rings. The lowest BCUT2D eigenvalue weighted by molar-refractivity contribution is -0.130. The predicted octanol–water partition coefficient (Wildman–Crippen LogP) is -1.48. The van der Waals surface area contributed by atoms with Gasteiger partial charge in [0.25, 0.3) is 5.91 Å². The van der Waals surface area contributed by atoms with Crippen molar-refractivity contribution in [1.82, 2.24) is 10.8 Å². The summed E-state index contributed by atoms with van der Waals surface area (Å²) in [6.45, 7) is 3.62. The Morgan fingerprint density at radius 2 is 2.36 bits per heavy atom. The molecule has 1 aliphatic heterocycles. The van der Waals surface area contributed by atoms with Crippen molar-refractivity contribution >= 4 is 11.8 Å². The van der Waals surface area contributed by atoms with Crippen LogP contribution in [0.15, 0.2) is 0 Å². The second kappa shape index (κ2) is 4.39. The van der Waals surface area contributed by atoms with Gasteiger partial charge in [0.15, 0.2) is 0 Å². The lowest BCUT2D eigenvalue weighted by Gasteiger charge is -2.16. The largest absolute Gasteiger partial charge is 0.342 e. The van der Waals surface area contributed by atoms with Crippen molar-refractivity contribution in [2.45, 2.75) is 25.9 Å². The third-order valence-electron chi connectivity index (χ3n) is 2.26. The molecular formula is C8H15N3O3. The van der Waals surface area contributed by atoms with E-state index < -0.39 is 6.04 Å². The van der Waals surface area contributed by atoms with Gasteiger partial charge in [-0.05, 0) is 6.92 Å². The van der Waals surface area contributed by atoms with E-state index in [-0.39, 0.29) is 30.4 Å². The Morgan fingerprint density at radius 1 is 1.71 bits per heavy atom. The Hall–Kier alpha value is -1.14. The zero-order valence-corrected chi connectivity index (χ0v) is 8.24. The second-order valence-corrected chi connectivity index (χ2v) is 3.49. The molecule has 1 saturated heterocycles. The fourth-order valence-corrected chi connectivity index (χ4v) is 0.992. The average Bonchev–Trinajstić information content (AvgIpc) is 2.50. The Labute approximate surface area is 82.1 Å². The molecule has 1 heterocycles. The van der Waals surface area contributed by atoms with Gasteiger partial charge in [-0.1, -0.05) is 6.92 Å². The molecule has 0 aromatic heterocycles. The van der Waals surface area contributed by atoms with Gasteiger partial charge in [0.05, 0.1) is 0 Å². The van der Waals surface area contributed by atoms with E-state index in [4.69, 9.17) is 5.73 Å². The van der Waals surface area contributed by atoms with Crippen LogP contribution in [-0.2, 0) is 14.4 Å². The molecule has 0 aliphatic carbocycles. The summed E-state index contributed by atoms with van der Waals surface area (Å²) in [6.07, 6.45) is 0. The van der Waals surface area contributed by atoms with Gasteiger partial charge in [-0.15, -0.1) is 0 Å². The number of hydroxylamine groups is 1. The van der Waals surface area contributed by atoms with Gasteiger partial charge in [-0.2, -0.15) is 0 Å². The number of nitrogens with two attached hydrogens (primary N) is 1. The molecule has 0 spiro atoms. The molecule has 1 rings (SSSR count). The summed E-state index contributed by atoms with van der Waals surface area (Å²) >= 11 is 0. The highest BCUT2D eigenvalue weighted by molar-refractivity contribution is 5.89. The molecule has 80 valence electrons. The number of carbonyl (C=O) groups is 2. The first-order valence-electron chi connectivity index (χ1n) is 4.50. The third-order valence-corrected chi connectivity index (χ3v) is 2.26. The highest BCUT2D eigenvalue weighted by atomic mass is 16.7. The van der Waals surface area contributed by atoms with Crippen molar-refractivity contribution in [2.24, 2.45) is 11.7 Å². The van der Waals surface area contributed by atoms with Crippen LogP contribution in [0, 0.1) is 5.92 Å². The lowest BCUT2D eigenvalue weighted by atomic mass is 10.0. The third kappa shape index (κ3) is 2.43. The van der Waals surface area contributed by atoms with Crippen LogP contribution in [0.1, 0.15) is 13.8 Å². The standard InChI is InChI=1S/C8H15N3O3/c1-4(5(2)9)7(12)10-6-3-14-11-8(6)13/h4-6H,3,9H2,1-2H3,(H,10,12)(H,11,13)/t4?,5?,6-/m1/s1. The molecular weight excluding hydrogens is 186 g/mol. The summed E-state index contributed by atoms with van der Waals surface area (Å²) in [5.74, 6) is -0.871. The van der Waals surface area contributed by atoms with Gasteiger partial charge in [0, 0.05) is 12.0 Å². The highest BCUT2D eigenvalue weighted by Crippen LogP contribution is 2.02. The van der Waals surface area contributed by atoms with E-state index in [0.29, 0.717) is 0 Å². The average molecular weight is 201 g/mol. The summed E-state index contributed by atoms with van der Waals surface area (Å²) < 4.78 is 0. The quantitative estimate of drug-likeness (QED) is 0.519. The summed E-state index contributed by atoms with van der Waals surface area (Å²) in [5, 5.41) is 2.55. The topological polar surface area (TPSA) is 93.5 Å². The van der Waals surface area contributed by atoms with Gasteiger partial charge >= 0.3 is 0 Å². The van der Waals surface area contributed by atoms with Crippen LogP contribution >= 0.6 is 0 Å². The van der Waals surface area contributed by atoms with Crippen molar-refractivity contribution in [3.05, 3.63) is 0 Å². The maximum atomic E-state index is 11.5. The molecule has 3 atom stereocenters. The number of rotatable bonds is 3. The highest BCUT2D eigenvalue weighted by Gasteiger charge is 2.29. The molecule has 0 radical (unpaired) electrons. The van der Waals surface area contributed by atoms with Gasteiger partial charge in [-0.3, -0.25) is 14.4 Å². The van der Waals surface area contributed by atoms with E-state index in [9.17, 15) is 9.59 Å². The molecule has 0 saturated carbocycles. The van der Waals surface area contributed by atoms with Crippen molar-refractivity contribution in [3.63, 3.8) is 0 Å². The predicted molar refractivity (Wildman–Crippen MR) is 48.8 cm³/mol. The molecule has 4 N–H and O–H groups in total. The van der Waals surface area contributed by atoms with Gasteiger partial charge in [0.1, 0.15) is 12.6 Å². The van der Waals surface area contributed by atoms with E-state index in [2.05, 4.69) is 15.6 Å². The van der Waals surface area contributed by atoms with Crippen molar-refractivity contribution in [3.8, 4) is 0 Å². The van der Waals surface area contributed by atoms with Crippen LogP contribution in [0.4, 0.5) is 0 Å². The van der Waals surface area contributed by atoms with E-state index in [0.717, 1.165) is 0 Å². The first-order chi connectivity index (χ1) is 6.52. The SMILES string of the molecule is CC(N)C(C)C(=O)N[C@@H]1CONC1=O. The maximum Gasteiger partial charge on any atom is 0.268 e. The fraction of sp³-hybridized carbons (Fsp3) is 0.750. The monoisotopic (exact) mass is 201 g/mol. The van der Waals surface area contributed by atoms with Crippen LogP contribution in [-0.4, -0.2) is 30.5 Å². The van der Waals surface area contributed by atoms with Crippen molar-refractivity contribution in [2.75, 3.05) is 6.61 Å². The fourth-order valence-electron chi connectivity index (χ4n) is 0.992. The Bertz CT molecular complexity index is 242. The van der Waals surface area contributed by atoms with Crippen LogP contribution in [0.3, 0.4) is 0 Å². The smallest absolute Gasteiger partial charge is 0.268 e. The molecule has 6 nitrogen and oxygen atoms in total. The van der Waals surface area contributed by atoms with Crippen LogP contribution in [0.25, 0.3) is 0 Å². The minimum atomic E-state index is -0.594.